The average molecular weight is 1250 g/mol. The Morgan fingerprint density at radius 3 is 0.931 bits per heavy atom. The highest BCUT2D eigenvalue weighted by Crippen LogP contribution is 2.38. The highest BCUT2D eigenvalue weighted by molar-refractivity contribution is 7.45. The molecule has 3 atom stereocenters. The second-order valence-corrected chi connectivity index (χ2v) is 29.5. The fraction of sp³-hybridized carbons (Fsp3) is 0.910. The van der Waals surface area contributed by atoms with Crippen LogP contribution in [0.1, 0.15) is 406 Å². The summed E-state index contributed by atoms with van der Waals surface area (Å²) >= 11 is 0. The maximum Gasteiger partial charge on any atom is 0.268 e. The second kappa shape index (κ2) is 69.1. The third kappa shape index (κ3) is 72.0. The molecule has 0 aromatic rings. The van der Waals surface area contributed by atoms with Crippen LogP contribution < -0.4 is 10.2 Å². The normalized spacial score (nSPS) is 13.7. The van der Waals surface area contributed by atoms with Gasteiger partial charge in [-0.15, -0.1) is 0 Å². The number of hydrogen-bond donors (Lipinski definition) is 2. The van der Waals surface area contributed by atoms with E-state index in [9.17, 15) is 19.4 Å². The molecule has 8 nitrogen and oxygen atoms in total. The Bertz CT molecular complexity index is 1510. The van der Waals surface area contributed by atoms with Gasteiger partial charge in [-0.25, -0.2) is 0 Å². The standard InChI is InChI=1S/C78H153N2O6P/c1-6-8-10-12-14-16-18-20-22-24-26-28-30-32-34-36-38-40-42-44-46-48-50-52-54-56-58-60-62-64-66-68-70-72-78(82)79-76(75-86-87(83,84)85-74-73-80(3,4)5)77(81)71-69-67-65-63-61-59-57-55-53-51-49-47-45-43-41-39-37-35-33-31-29-27-25-23-21-19-17-15-13-11-9-7-2/h24,26,61,63,69,71,76-77,81H,6-23,25,27-60,62,64-68,70,72-75H2,1-5H3,(H-,79,82,83,84)/b26-24-,63-61+,71-69+. The Hall–Kier alpha value is -1.28. The van der Waals surface area contributed by atoms with Gasteiger partial charge in [0.2, 0.25) is 5.91 Å². The number of rotatable bonds is 73. The molecule has 87 heavy (non-hydrogen) atoms. The van der Waals surface area contributed by atoms with Crippen molar-refractivity contribution in [2.24, 2.45) is 0 Å². The van der Waals surface area contributed by atoms with E-state index in [-0.39, 0.29) is 19.1 Å². The number of likely N-dealkylation sites (N-methyl/N-ethyl adjacent to an activating group) is 1. The number of allylic oxidation sites excluding steroid dienone is 5. The van der Waals surface area contributed by atoms with Crippen molar-refractivity contribution in [3.63, 3.8) is 0 Å². The zero-order valence-electron chi connectivity index (χ0n) is 59.3. The van der Waals surface area contributed by atoms with Crippen molar-refractivity contribution in [3.05, 3.63) is 36.5 Å². The molecule has 0 aliphatic rings. The summed E-state index contributed by atoms with van der Waals surface area (Å²) in [5.74, 6) is -0.198. The number of nitrogens with one attached hydrogen (secondary N) is 1. The van der Waals surface area contributed by atoms with E-state index in [0.717, 1.165) is 38.5 Å². The van der Waals surface area contributed by atoms with Crippen LogP contribution in [0.15, 0.2) is 36.5 Å². The summed E-state index contributed by atoms with van der Waals surface area (Å²) in [7, 11) is 1.26. The molecule has 0 spiro atoms. The van der Waals surface area contributed by atoms with Gasteiger partial charge in [0.25, 0.3) is 7.82 Å². The lowest BCUT2D eigenvalue weighted by Gasteiger charge is -2.29. The summed E-state index contributed by atoms with van der Waals surface area (Å²) < 4.78 is 23.5. The largest absolute Gasteiger partial charge is 0.756 e. The molecule has 0 radical (unpaired) electrons. The first-order valence-electron chi connectivity index (χ1n) is 38.9. The van der Waals surface area contributed by atoms with E-state index in [1.54, 1.807) is 6.08 Å². The number of nitrogens with zero attached hydrogens (tertiary/aromatic N) is 1. The number of phosphoric acid groups is 1. The zero-order chi connectivity index (χ0) is 63.4. The van der Waals surface area contributed by atoms with E-state index in [0.29, 0.717) is 17.4 Å². The van der Waals surface area contributed by atoms with Crippen LogP contribution >= 0.6 is 7.82 Å². The summed E-state index contributed by atoms with van der Waals surface area (Å²) in [6.07, 6.45) is 93.1. The molecular weight excluding hydrogens is 1090 g/mol. The van der Waals surface area contributed by atoms with Crippen LogP contribution in [0.2, 0.25) is 0 Å². The number of amides is 1. The van der Waals surface area contributed by atoms with Gasteiger partial charge in [0.1, 0.15) is 13.2 Å². The zero-order valence-corrected chi connectivity index (χ0v) is 60.2. The van der Waals surface area contributed by atoms with Crippen LogP contribution in [0.25, 0.3) is 0 Å². The third-order valence-electron chi connectivity index (χ3n) is 18.1. The lowest BCUT2D eigenvalue weighted by atomic mass is 10.0. The van der Waals surface area contributed by atoms with Crippen molar-refractivity contribution < 1.29 is 32.9 Å². The predicted molar refractivity (Wildman–Crippen MR) is 381 cm³/mol. The van der Waals surface area contributed by atoms with Crippen molar-refractivity contribution in [2.75, 3.05) is 40.9 Å². The van der Waals surface area contributed by atoms with Gasteiger partial charge < -0.3 is 28.8 Å². The molecule has 0 aliphatic heterocycles. The Balaban J connectivity index is 4.00. The van der Waals surface area contributed by atoms with E-state index < -0.39 is 20.0 Å². The maximum absolute atomic E-state index is 13.1. The molecule has 0 heterocycles. The summed E-state index contributed by atoms with van der Waals surface area (Å²) in [6.45, 7) is 4.70. The molecule has 516 valence electrons. The number of carbonyl (C=O) groups is 1. The smallest absolute Gasteiger partial charge is 0.268 e. The lowest BCUT2D eigenvalue weighted by molar-refractivity contribution is -0.870. The Morgan fingerprint density at radius 1 is 0.391 bits per heavy atom. The van der Waals surface area contributed by atoms with E-state index >= 15 is 0 Å². The minimum absolute atomic E-state index is 0.00422. The average Bonchev–Trinajstić information content (AvgIpc) is 3.71. The summed E-state index contributed by atoms with van der Waals surface area (Å²) in [5, 5.41) is 14.0. The Kier molecular flexibility index (Phi) is 68.1. The Labute approximate surface area is 544 Å². The number of aliphatic hydroxyl groups excluding tert-OH is 1. The minimum atomic E-state index is -4.61. The number of phosphoric ester groups is 1. The van der Waals surface area contributed by atoms with E-state index in [1.807, 2.05) is 27.2 Å². The van der Waals surface area contributed by atoms with E-state index in [2.05, 4.69) is 43.5 Å². The van der Waals surface area contributed by atoms with Crippen LogP contribution in [0.4, 0.5) is 0 Å². The van der Waals surface area contributed by atoms with Crippen molar-refractivity contribution in [2.45, 2.75) is 418 Å². The van der Waals surface area contributed by atoms with E-state index in [1.165, 1.54) is 347 Å². The van der Waals surface area contributed by atoms with Gasteiger partial charge in [0.05, 0.1) is 39.9 Å². The fourth-order valence-corrected chi connectivity index (χ4v) is 12.8. The molecule has 0 aromatic carbocycles. The quantitative estimate of drug-likeness (QED) is 0.0272. The van der Waals surface area contributed by atoms with Gasteiger partial charge in [-0.3, -0.25) is 9.36 Å². The maximum atomic E-state index is 13.1. The highest BCUT2D eigenvalue weighted by Gasteiger charge is 2.23. The number of unbranched alkanes of at least 4 members (excludes halogenated alkanes) is 56. The summed E-state index contributed by atoms with van der Waals surface area (Å²) in [5.41, 5.74) is 0. The third-order valence-corrected chi connectivity index (χ3v) is 19.0. The first-order chi connectivity index (χ1) is 42.5. The van der Waals surface area contributed by atoms with Gasteiger partial charge in [-0.05, 0) is 57.8 Å². The van der Waals surface area contributed by atoms with Crippen molar-refractivity contribution in [1.29, 1.82) is 0 Å². The fourth-order valence-electron chi connectivity index (χ4n) is 12.1. The lowest BCUT2D eigenvalue weighted by Crippen LogP contribution is -2.45. The summed E-state index contributed by atoms with van der Waals surface area (Å²) in [6, 6.07) is -0.904. The van der Waals surface area contributed by atoms with Gasteiger partial charge in [0.15, 0.2) is 0 Å². The molecule has 9 heteroatoms. The van der Waals surface area contributed by atoms with Gasteiger partial charge in [-0.2, -0.15) is 0 Å². The van der Waals surface area contributed by atoms with Crippen molar-refractivity contribution >= 4 is 13.7 Å². The molecule has 0 saturated carbocycles. The molecule has 0 bridgehead atoms. The number of quaternary nitrogens is 1. The molecule has 1 amide bonds. The predicted octanol–water partition coefficient (Wildman–Crippen LogP) is 24.5. The van der Waals surface area contributed by atoms with Gasteiger partial charge in [-0.1, -0.05) is 378 Å². The summed E-state index contributed by atoms with van der Waals surface area (Å²) in [4.78, 5) is 25.7. The molecule has 0 aliphatic carbocycles. The molecule has 0 fully saturated rings. The van der Waals surface area contributed by atoms with Crippen LogP contribution in [0.5, 0.6) is 0 Å². The van der Waals surface area contributed by atoms with E-state index in [4.69, 9.17) is 9.05 Å². The molecule has 0 saturated heterocycles. The molecular formula is C78H153N2O6P. The monoisotopic (exact) mass is 1250 g/mol. The second-order valence-electron chi connectivity index (χ2n) is 28.1. The van der Waals surface area contributed by atoms with Crippen LogP contribution in [0.3, 0.4) is 0 Å². The van der Waals surface area contributed by atoms with Crippen LogP contribution in [0, 0.1) is 0 Å². The Morgan fingerprint density at radius 2 is 0.644 bits per heavy atom. The highest BCUT2D eigenvalue weighted by atomic mass is 31.2. The van der Waals surface area contributed by atoms with Crippen molar-refractivity contribution in [1.82, 2.24) is 5.32 Å². The first-order valence-corrected chi connectivity index (χ1v) is 40.3. The number of aliphatic hydroxyl groups is 1. The number of carbonyl (C=O) groups excluding carboxylic acids is 1. The SMILES string of the molecule is CCCCCCCCCC/C=C\CCCCCCCCCCCCCCCCCCCCCCCC(=O)NC(COP(=O)([O-])OCC[N+](C)(C)C)C(O)/C=C/CC/C=C/CCCCCCCCCCCCCCCCCCCCCCCCCCCC. The van der Waals surface area contributed by atoms with Crippen molar-refractivity contribution in [3.8, 4) is 0 Å². The number of hydrogen-bond acceptors (Lipinski definition) is 6. The molecule has 2 N–H and O–H groups in total. The first kappa shape index (κ1) is 85.7. The van der Waals surface area contributed by atoms with Gasteiger partial charge in [0, 0.05) is 6.42 Å². The molecule has 3 unspecified atom stereocenters. The minimum Gasteiger partial charge on any atom is -0.756 e. The van der Waals surface area contributed by atoms with Crippen LogP contribution in [-0.2, 0) is 18.4 Å². The van der Waals surface area contributed by atoms with Crippen LogP contribution in [-0.4, -0.2) is 68.5 Å². The molecule has 0 aromatic heterocycles. The van der Waals surface area contributed by atoms with Gasteiger partial charge >= 0.3 is 0 Å². The topological polar surface area (TPSA) is 108 Å². The molecule has 0 rings (SSSR count).